The first-order valence-electron chi connectivity index (χ1n) is 5.46. The molecule has 1 N–H and O–H groups in total. The maximum atomic E-state index is 10.4. The number of aliphatic hydroxyl groups is 1. The second kappa shape index (κ2) is 5.14. The van der Waals surface area contributed by atoms with E-state index in [9.17, 15) is 5.11 Å². The number of halogens is 1. The highest BCUT2D eigenvalue weighted by atomic mass is 127. The lowest BCUT2D eigenvalue weighted by Crippen LogP contribution is -2.10. The van der Waals surface area contributed by atoms with Crippen LogP contribution in [0.2, 0.25) is 0 Å². The molecule has 1 atom stereocenters. The maximum Gasteiger partial charge on any atom is 0.123 e. The molecular formula is C12H14IN3O. The van der Waals surface area contributed by atoms with Crippen molar-refractivity contribution in [2.45, 2.75) is 26.5 Å². The molecule has 2 rings (SSSR count). The van der Waals surface area contributed by atoms with Crippen LogP contribution in [0.1, 0.15) is 29.8 Å². The van der Waals surface area contributed by atoms with E-state index < -0.39 is 6.10 Å². The van der Waals surface area contributed by atoms with E-state index >= 15 is 0 Å². The third kappa shape index (κ3) is 2.35. The van der Waals surface area contributed by atoms with Gasteiger partial charge in [-0.25, -0.2) is 4.68 Å². The van der Waals surface area contributed by atoms with Gasteiger partial charge >= 0.3 is 0 Å². The summed E-state index contributed by atoms with van der Waals surface area (Å²) < 4.78 is 2.80. The highest BCUT2D eigenvalue weighted by Crippen LogP contribution is 2.27. The highest BCUT2D eigenvalue weighted by molar-refractivity contribution is 14.1. The predicted molar refractivity (Wildman–Crippen MR) is 73.7 cm³/mol. The quantitative estimate of drug-likeness (QED) is 0.870. The van der Waals surface area contributed by atoms with E-state index in [0.29, 0.717) is 6.54 Å². The summed E-state index contributed by atoms with van der Waals surface area (Å²) in [5.41, 5.74) is 2.80. The van der Waals surface area contributed by atoms with Gasteiger partial charge in [0.2, 0.25) is 0 Å². The molecular weight excluding hydrogens is 329 g/mol. The van der Waals surface area contributed by atoms with Crippen molar-refractivity contribution < 1.29 is 5.11 Å². The van der Waals surface area contributed by atoms with E-state index in [1.54, 1.807) is 10.9 Å². The van der Waals surface area contributed by atoms with Crippen molar-refractivity contribution >= 4 is 22.6 Å². The Balaban J connectivity index is 2.44. The second-order valence-corrected chi connectivity index (χ2v) is 4.93. The molecule has 4 nitrogen and oxygen atoms in total. The Labute approximate surface area is 114 Å². The van der Waals surface area contributed by atoms with Gasteiger partial charge in [-0.2, -0.15) is 0 Å². The molecule has 0 saturated carbocycles. The summed E-state index contributed by atoms with van der Waals surface area (Å²) in [7, 11) is 0. The van der Waals surface area contributed by atoms with Gasteiger partial charge in [0.15, 0.2) is 0 Å². The van der Waals surface area contributed by atoms with E-state index in [4.69, 9.17) is 0 Å². The van der Waals surface area contributed by atoms with Crippen molar-refractivity contribution in [3.63, 3.8) is 0 Å². The summed E-state index contributed by atoms with van der Waals surface area (Å²) in [6, 6.07) is 5.93. The Morgan fingerprint density at radius 1 is 1.47 bits per heavy atom. The van der Waals surface area contributed by atoms with Gasteiger partial charge in [0.05, 0.1) is 11.9 Å². The minimum Gasteiger partial charge on any atom is -0.382 e. The largest absolute Gasteiger partial charge is 0.382 e. The summed E-state index contributed by atoms with van der Waals surface area (Å²) in [4.78, 5) is 0. The van der Waals surface area contributed by atoms with Gasteiger partial charge in [-0.15, -0.1) is 5.10 Å². The number of aromatic nitrogens is 3. The average molecular weight is 343 g/mol. The molecule has 2 aromatic rings. The van der Waals surface area contributed by atoms with Gasteiger partial charge in [-0.05, 0) is 42.0 Å². The zero-order valence-electron chi connectivity index (χ0n) is 9.76. The SMILES string of the molecule is CCn1nncc1C(O)c1cccc(C)c1I. The van der Waals surface area contributed by atoms with Gasteiger partial charge in [0, 0.05) is 15.7 Å². The molecule has 0 bridgehead atoms. The number of hydrogen-bond acceptors (Lipinski definition) is 3. The molecule has 1 aromatic heterocycles. The van der Waals surface area contributed by atoms with Crippen molar-refractivity contribution in [2.24, 2.45) is 0 Å². The van der Waals surface area contributed by atoms with Crippen LogP contribution in [0.15, 0.2) is 24.4 Å². The van der Waals surface area contributed by atoms with Crippen LogP contribution in [-0.2, 0) is 6.54 Å². The Kier molecular flexibility index (Phi) is 3.78. The molecule has 0 fully saturated rings. The zero-order chi connectivity index (χ0) is 12.4. The molecule has 5 heteroatoms. The third-order valence-electron chi connectivity index (χ3n) is 2.74. The summed E-state index contributed by atoms with van der Waals surface area (Å²) in [6.07, 6.45) is 0.948. The smallest absolute Gasteiger partial charge is 0.123 e. The first kappa shape index (κ1) is 12.5. The van der Waals surface area contributed by atoms with Crippen molar-refractivity contribution in [1.29, 1.82) is 0 Å². The molecule has 1 heterocycles. The van der Waals surface area contributed by atoms with E-state index in [1.165, 1.54) is 0 Å². The standard InChI is InChI=1S/C12H14IN3O/c1-3-16-10(7-14-15-16)12(17)9-6-4-5-8(2)11(9)13/h4-7,12,17H,3H2,1-2H3. The topological polar surface area (TPSA) is 50.9 Å². The van der Waals surface area contributed by atoms with E-state index in [0.717, 1.165) is 20.4 Å². The van der Waals surface area contributed by atoms with Gasteiger partial charge in [-0.3, -0.25) is 0 Å². The fraction of sp³-hybridized carbons (Fsp3) is 0.333. The first-order valence-corrected chi connectivity index (χ1v) is 6.54. The van der Waals surface area contributed by atoms with Crippen LogP contribution in [0.3, 0.4) is 0 Å². The van der Waals surface area contributed by atoms with Crippen LogP contribution in [0.5, 0.6) is 0 Å². The van der Waals surface area contributed by atoms with Gasteiger partial charge < -0.3 is 5.11 Å². The molecule has 1 unspecified atom stereocenters. The van der Waals surface area contributed by atoms with Crippen molar-refractivity contribution in [3.05, 3.63) is 44.8 Å². The molecule has 0 aliphatic heterocycles. The molecule has 17 heavy (non-hydrogen) atoms. The monoisotopic (exact) mass is 343 g/mol. The molecule has 0 radical (unpaired) electrons. The maximum absolute atomic E-state index is 10.4. The van der Waals surface area contributed by atoms with Gasteiger partial charge in [0.25, 0.3) is 0 Å². The van der Waals surface area contributed by atoms with Crippen LogP contribution in [-0.4, -0.2) is 20.1 Å². The Morgan fingerprint density at radius 3 is 2.94 bits per heavy atom. The number of aryl methyl sites for hydroxylation is 2. The molecule has 0 amide bonds. The fourth-order valence-corrected chi connectivity index (χ4v) is 2.42. The summed E-state index contributed by atoms with van der Waals surface area (Å²) >= 11 is 2.26. The van der Waals surface area contributed by atoms with E-state index in [-0.39, 0.29) is 0 Å². The van der Waals surface area contributed by atoms with E-state index in [1.807, 2.05) is 32.0 Å². The van der Waals surface area contributed by atoms with E-state index in [2.05, 4.69) is 32.9 Å². The Hall–Kier alpha value is -0.950. The summed E-state index contributed by atoms with van der Waals surface area (Å²) in [5, 5.41) is 18.2. The predicted octanol–water partition coefficient (Wildman–Crippen LogP) is 2.29. The van der Waals surface area contributed by atoms with Crippen molar-refractivity contribution in [2.75, 3.05) is 0 Å². The van der Waals surface area contributed by atoms with Crippen LogP contribution < -0.4 is 0 Å². The molecule has 0 aliphatic carbocycles. The molecule has 0 spiro atoms. The van der Waals surface area contributed by atoms with Crippen LogP contribution >= 0.6 is 22.6 Å². The number of nitrogens with zero attached hydrogens (tertiary/aromatic N) is 3. The minimum absolute atomic E-state index is 0.670. The van der Waals surface area contributed by atoms with Crippen molar-refractivity contribution in [3.8, 4) is 0 Å². The Morgan fingerprint density at radius 2 is 2.24 bits per heavy atom. The number of hydrogen-bond donors (Lipinski definition) is 1. The number of benzene rings is 1. The average Bonchev–Trinajstić information content (AvgIpc) is 2.80. The molecule has 1 aromatic carbocycles. The highest BCUT2D eigenvalue weighted by Gasteiger charge is 2.18. The minimum atomic E-state index is -0.670. The zero-order valence-corrected chi connectivity index (χ0v) is 11.9. The lowest BCUT2D eigenvalue weighted by molar-refractivity contribution is 0.207. The molecule has 90 valence electrons. The van der Waals surface area contributed by atoms with Crippen LogP contribution in [0, 0.1) is 10.5 Å². The Bertz CT molecular complexity index is 524. The summed E-state index contributed by atoms with van der Waals surface area (Å²) in [5.74, 6) is 0. The number of rotatable bonds is 3. The lowest BCUT2D eigenvalue weighted by atomic mass is 10.0. The van der Waals surface area contributed by atoms with Gasteiger partial charge in [-0.1, -0.05) is 23.4 Å². The van der Waals surface area contributed by atoms with Crippen LogP contribution in [0.25, 0.3) is 0 Å². The first-order chi connectivity index (χ1) is 8.15. The molecule has 0 aliphatic rings. The lowest BCUT2D eigenvalue weighted by Gasteiger charge is -2.14. The fourth-order valence-electron chi connectivity index (χ4n) is 1.76. The van der Waals surface area contributed by atoms with Gasteiger partial charge in [0.1, 0.15) is 6.10 Å². The normalized spacial score (nSPS) is 12.7. The van der Waals surface area contributed by atoms with Crippen LogP contribution in [0.4, 0.5) is 0 Å². The number of aliphatic hydroxyl groups excluding tert-OH is 1. The second-order valence-electron chi connectivity index (χ2n) is 3.86. The summed E-state index contributed by atoms with van der Waals surface area (Å²) in [6.45, 7) is 4.72. The third-order valence-corrected chi connectivity index (χ3v) is 4.22. The van der Waals surface area contributed by atoms with Crippen molar-refractivity contribution in [1.82, 2.24) is 15.0 Å². The molecule has 0 saturated heterocycles.